The molecule has 4 aromatic rings. The number of aromatic nitrogens is 1. The number of carbonyl (C=O) groups excluding carboxylic acids is 1. The van der Waals surface area contributed by atoms with Gasteiger partial charge in [0, 0.05) is 0 Å². The second-order valence-electron chi connectivity index (χ2n) is 6.27. The van der Waals surface area contributed by atoms with Gasteiger partial charge in [0.05, 0.1) is 0 Å². The van der Waals surface area contributed by atoms with E-state index in [1.54, 1.807) is 24.4 Å². The predicted molar refractivity (Wildman–Crippen MR) is 121 cm³/mol. The van der Waals surface area contributed by atoms with Gasteiger partial charge in [0.2, 0.25) is 0 Å². The molecule has 3 nitrogen and oxygen atoms in total. The SMILES string of the molecule is O=C(Nc1ccccc1-c1ccc(Cl)cc1[Se]c1ccccc1)c1ccccn1. The monoisotopic (exact) mass is 464 g/mol. The molecule has 0 spiro atoms. The van der Waals surface area contributed by atoms with Gasteiger partial charge in [-0.05, 0) is 0 Å². The normalized spacial score (nSPS) is 10.5. The van der Waals surface area contributed by atoms with E-state index in [9.17, 15) is 4.79 Å². The van der Waals surface area contributed by atoms with Gasteiger partial charge >= 0.3 is 181 Å². The Morgan fingerprint density at radius 1 is 0.828 bits per heavy atom. The molecule has 0 aliphatic heterocycles. The standard InChI is InChI=1S/C24H17ClN2OSe/c25-17-13-14-20(23(16-17)29-18-8-2-1-3-9-18)19-10-4-5-11-21(19)27-24(28)22-12-6-7-15-26-22/h1-16H,(H,27,28). The Kier molecular flexibility index (Phi) is 6.06. The maximum absolute atomic E-state index is 12.6. The number of nitrogens with one attached hydrogen (secondary N) is 1. The van der Waals surface area contributed by atoms with Crippen LogP contribution in [-0.4, -0.2) is 25.8 Å². The van der Waals surface area contributed by atoms with Crippen LogP contribution in [0.1, 0.15) is 10.5 Å². The summed E-state index contributed by atoms with van der Waals surface area (Å²) in [5, 5.41) is 3.71. The molecule has 1 amide bonds. The molecule has 4 rings (SSSR count). The first kappa shape index (κ1) is 19.4. The number of pyridine rings is 1. The zero-order valence-corrected chi connectivity index (χ0v) is 17.8. The van der Waals surface area contributed by atoms with Gasteiger partial charge in [-0.1, -0.05) is 0 Å². The second-order valence-corrected chi connectivity index (χ2v) is 9.05. The molecule has 0 fully saturated rings. The van der Waals surface area contributed by atoms with Gasteiger partial charge in [0.1, 0.15) is 0 Å². The summed E-state index contributed by atoms with van der Waals surface area (Å²) in [5.74, 6) is -0.234. The zero-order chi connectivity index (χ0) is 20.1. The maximum atomic E-state index is 12.6. The third kappa shape index (κ3) is 4.75. The molecule has 142 valence electrons. The topological polar surface area (TPSA) is 42.0 Å². The molecule has 1 aromatic heterocycles. The number of rotatable bonds is 5. The number of halogens is 1. The van der Waals surface area contributed by atoms with Crippen molar-refractivity contribution >= 4 is 47.1 Å². The first-order valence-corrected chi connectivity index (χ1v) is 11.1. The van der Waals surface area contributed by atoms with Crippen molar-refractivity contribution in [3.8, 4) is 11.1 Å². The Morgan fingerprint density at radius 3 is 2.38 bits per heavy atom. The number of hydrogen-bond acceptors (Lipinski definition) is 2. The second kappa shape index (κ2) is 9.06. The van der Waals surface area contributed by atoms with E-state index < -0.39 is 0 Å². The van der Waals surface area contributed by atoms with Crippen LogP contribution in [0.4, 0.5) is 5.69 Å². The fourth-order valence-electron chi connectivity index (χ4n) is 2.93. The van der Waals surface area contributed by atoms with Gasteiger partial charge in [-0.15, -0.1) is 0 Å². The quantitative estimate of drug-likeness (QED) is 0.448. The van der Waals surface area contributed by atoms with E-state index in [1.165, 1.54) is 4.46 Å². The Labute approximate surface area is 180 Å². The van der Waals surface area contributed by atoms with Crippen molar-refractivity contribution < 1.29 is 4.79 Å². The molecule has 0 aliphatic rings. The summed E-state index contributed by atoms with van der Waals surface area (Å²) in [6, 6.07) is 29.4. The van der Waals surface area contributed by atoms with Crippen LogP contribution in [0.15, 0.2) is 97.2 Å². The van der Waals surface area contributed by atoms with E-state index in [4.69, 9.17) is 11.6 Å². The van der Waals surface area contributed by atoms with Crippen molar-refractivity contribution in [1.29, 1.82) is 0 Å². The van der Waals surface area contributed by atoms with Gasteiger partial charge in [0.25, 0.3) is 0 Å². The first-order chi connectivity index (χ1) is 14.2. The minimum absolute atomic E-state index is 0.0829. The molecule has 1 heterocycles. The van der Waals surface area contributed by atoms with Crippen LogP contribution in [-0.2, 0) is 0 Å². The van der Waals surface area contributed by atoms with Crippen molar-refractivity contribution in [2.45, 2.75) is 0 Å². The van der Waals surface area contributed by atoms with Gasteiger partial charge in [-0.25, -0.2) is 0 Å². The number of para-hydroxylation sites is 1. The van der Waals surface area contributed by atoms with Crippen LogP contribution >= 0.6 is 11.6 Å². The summed E-state index contributed by atoms with van der Waals surface area (Å²) < 4.78 is 2.43. The molecule has 0 atom stereocenters. The molecule has 1 N–H and O–H groups in total. The Bertz CT molecular complexity index is 1130. The van der Waals surface area contributed by atoms with Gasteiger partial charge in [0.15, 0.2) is 0 Å². The van der Waals surface area contributed by atoms with E-state index >= 15 is 0 Å². The number of benzene rings is 3. The summed E-state index contributed by atoms with van der Waals surface area (Å²) in [4.78, 5) is 16.8. The third-order valence-corrected chi connectivity index (χ3v) is 6.75. The van der Waals surface area contributed by atoms with E-state index in [-0.39, 0.29) is 20.9 Å². The van der Waals surface area contributed by atoms with E-state index in [1.807, 2.05) is 60.7 Å². The van der Waals surface area contributed by atoms with Gasteiger partial charge < -0.3 is 0 Å². The van der Waals surface area contributed by atoms with Crippen molar-refractivity contribution in [3.63, 3.8) is 0 Å². The number of amides is 1. The molecule has 3 aromatic carbocycles. The number of carbonyl (C=O) groups is 1. The van der Waals surface area contributed by atoms with Crippen molar-refractivity contribution in [2.75, 3.05) is 5.32 Å². The van der Waals surface area contributed by atoms with Crippen molar-refractivity contribution in [2.24, 2.45) is 0 Å². The molecule has 0 unspecified atom stereocenters. The van der Waals surface area contributed by atoms with Crippen molar-refractivity contribution in [3.05, 3.63) is 108 Å². The molecule has 0 radical (unpaired) electrons. The number of anilines is 1. The van der Waals surface area contributed by atoms with Crippen LogP contribution in [0.25, 0.3) is 11.1 Å². The Balaban J connectivity index is 1.71. The average molecular weight is 464 g/mol. The summed E-state index contributed by atoms with van der Waals surface area (Å²) in [7, 11) is 0. The minimum atomic E-state index is -0.234. The van der Waals surface area contributed by atoms with Crippen LogP contribution in [0.2, 0.25) is 5.02 Å². The van der Waals surface area contributed by atoms with Gasteiger partial charge in [-0.2, -0.15) is 0 Å². The summed E-state index contributed by atoms with van der Waals surface area (Å²) in [6.07, 6.45) is 1.61. The molecule has 0 saturated carbocycles. The average Bonchev–Trinajstić information content (AvgIpc) is 2.76. The Morgan fingerprint density at radius 2 is 1.59 bits per heavy atom. The molecule has 0 saturated heterocycles. The molecular weight excluding hydrogens is 447 g/mol. The molecule has 0 aliphatic carbocycles. The number of nitrogens with zero attached hydrogens (tertiary/aromatic N) is 1. The van der Waals surface area contributed by atoms with Gasteiger partial charge in [-0.3, -0.25) is 0 Å². The first-order valence-electron chi connectivity index (χ1n) is 9.05. The van der Waals surface area contributed by atoms with Crippen molar-refractivity contribution in [1.82, 2.24) is 4.98 Å². The van der Waals surface area contributed by atoms with E-state index in [2.05, 4.69) is 22.4 Å². The van der Waals surface area contributed by atoms with E-state index in [0.717, 1.165) is 21.3 Å². The third-order valence-electron chi connectivity index (χ3n) is 4.28. The molecule has 5 heteroatoms. The van der Waals surface area contributed by atoms with Crippen LogP contribution in [0, 0.1) is 0 Å². The van der Waals surface area contributed by atoms with E-state index in [0.29, 0.717) is 10.7 Å². The summed E-state index contributed by atoms with van der Waals surface area (Å²) in [5.41, 5.74) is 3.15. The summed E-state index contributed by atoms with van der Waals surface area (Å²) >= 11 is 6.39. The fraction of sp³-hybridized carbons (Fsp3) is 0. The fourth-order valence-corrected chi connectivity index (χ4v) is 5.39. The summed E-state index contributed by atoms with van der Waals surface area (Å²) in [6.45, 7) is 0. The zero-order valence-electron chi connectivity index (χ0n) is 15.4. The van der Waals surface area contributed by atoms with Crippen LogP contribution < -0.4 is 14.2 Å². The molecule has 29 heavy (non-hydrogen) atoms. The molecular formula is C24H17ClN2OSe. The number of hydrogen-bond donors (Lipinski definition) is 1. The Hall–Kier alpha value is -2.91. The van der Waals surface area contributed by atoms with Crippen LogP contribution in [0.3, 0.4) is 0 Å². The van der Waals surface area contributed by atoms with Crippen LogP contribution in [0.5, 0.6) is 0 Å². The predicted octanol–water partition coefficient (Wildman–Crippen LogP) is 4.31. The molecule has 0 bridgehead atoms.